The van der Waals surface area contributed by atoms with Gasteiger partial charge in [0.25, 0.3) is 0 Å². The molecule has 1 amide bonds. The van der Waals surface area contributed by atoms with Gasteiger partial charge in [0.2, 0.25) is 15.9 Å². The number of morpholine rings is 1. The van der Waals surface area contributed by atoms with Gasteiger partial charge in [-0.05, 0) is 18.2 Å². The molecule has 0 bridgehead atoms. The van der Waals surface area contributed by atoms with Crippen molar-refractivity contribution in [2.75, 3.05) is 39.9 Å². The number of amides is 1. The molecule has 1 fully saturated rings. The van der Waals surface area contributed by atoms with Crippen LogP contribution in [0.3, 0.4) is 0 Å². The molecule has 1 aliphatic rings. The van der Waals surface area contributed by atoms with E-state index in [1.54, 1.807) is 13.1 Å². The van der Waals surface area contributed by atoms with Gasteiger partial charge < -0.3 is 15.4 Å². The molecular formula is C16H25N3O4S. The molecule has 1 aliphatic heterocycles. The Kier molecular flexibility index (Phi) is 7.16. The minimum Gasteiger partial charge on any atom is -0.379 e. The number of nitrogens with one attached hydrogen (secondary N) is 2. The van der Waals surface area contributed by atoms with Crippen LogP contribution in [0.4, 0.5) is 0 Å². The molecular weight excluding hydrogens is 330 g/mol. The SMILES string of the molecule is CNCCC(=O)NCc1ccccc1CS(=O)(=O)N1CCOCC1. The number of carbonyl (C=O) groups excluding carboxylic acids is 1. The van der Waals surface area contributed by atoms with Crippen LogP contribution in [0.1, 0.15) is 17.5 Å². The number of ether oxygens (including phenoxy) is 1. The average molecular weight is 355 g/mol. The van der Waals surface area contributed by atoms with Crippen LogP contribution in [0.2, 0.25) is 0 Å². The van der Waals surface area contributed by atoms with Gasteiger partial charge in [-0.1, -0.05) is 24.3 Å². The Morgan fingerprint density at radius 3 is 2.54 bits per heavy atom. The molecule has 1 aromatic carbocycles. The topological polar surface area (TPSA) is 87.7 Å². The Morgan fingerprint density at radius 1 is 1.21 bits per heavy atom. The van der Waals surface area contributed by atoms with Crippen LogP contribution in [0, 0.1) is 0 Å². The summed E-state index contributed by atoms with van der Waals surface area (Å²) in [5.41, 5.74) is 1.55. The lowest BCUT2D eigenvalue weighted by Gasteiger charge is -2.26. The van der Waals surface area contributed by atoms with Gasteiger partial charge in [-0.3, -0.25) is 4.79 Å². The maximum absolute atomic E-state index is 12.6. The second kappa shape index (κ2) is 9.12. The van der Waals surface area contributed by atoms with Crippen LogP contribution >= 0.6 is 0 Å². The molecule has 2 N–H and O–H groups in total. The average Bonchev–Trinajstić information content (AvgIpc) is 2.59. The summed E-state index contributed by atoms with van der Waals surface area (Å²) in [5.74, 6) is -0.120. The second-order valence-corrected chi connectivity index (χ2v) is 7.64. The van der Waals surface area contributed by atoms with Crippen molar-refractivity contribution in [2.45, 2.75) is 18.7 Å². The molecule has 2 rings (SSSR count). The van der Waals surface area contributed by atoms with Crippen LogP contribution in [0.15, 0.2) is 24.3 Å². The fourth-order valence-electron chi connectivity index (χ4n) is 2.50. The second-order valence-electron chi connectivity index (χ2n) is 5.67. The van der Waals surface area contributed by atoms with Gasteiger partial charge >= 0.3 is 0 Å². The van der Waals surface area contributed by atoms with E-state index in [2.05, 4.69) is 10.6 Å². The predicted octanol–water partition coefficient (Wildman–Crippen LogP) is 0.0743. The molecule has 7 nitrogen and oxygen atoms in total. The molecule has 1 aromatic rings. The lowest BCUT2D eigenvalue weighted by atomic mass is 10.1. The van der Waals surface area contributed by atoms with Crippen molar-refractivity contribution in [2.24, 2.45) is 0 Å². The Labute approximate surface area is 143 Å². The van der Waals surface area contributed by atoms with Crippen molar-refractivity contribution in [3.05, 3.63) is 35.4 Å². The largest absolute Gasteiger partial charge is 0.379 e. The van der Waals surface area contributed by atoms with Crippen molar-refractivity contribution in [1.82, 2.24) is 14.9 Å². The predicted molar refractivity (Wildman–Crippen MR) is 91.8 cm³/mol. The van der Waals surface area contributed by atoms with Crippen LogP contribution in [0.25, 0.3) is 0 Å². The van der Waals surface area contributed by atoms with Crippen LogP contribution in [-0.4, -0.2) is 58.5 Å². The number of rotatable bonds is 8. The van der Waals surface area contributed by atoms with Gasteiger partial charge in [-0.15, -0.1) is 0 Å². The first-order valence-corrected chi connectivity index (χ1v) is 9.67. The van der Waals surface area contributed by atoms with Crippen LogP contribution in [0.5, 0.6) is 0 Å². The number of sulfonamides is 1. The van der Waals surface area contributed by atoms with Crippen molar-refractivity contribution >= 4 is 15.9 Å². The van der Waals surface area contributed by atoms with Crippen LogP contribution < -0.4 is 10.6 Å². The quantitative estimate of drug-likeness (QED) is 0.689. The first-order chi connectivity index (χ1) is 11.5. The lowest BCUT2D eigenvalue weighted by Crippen LogP contribution is -2.41. The third-order valence-corrected chi connectivity index (χ3v) is 5.73. The van der Waals surface area contributed by atoms with E-state index in [0.717, 1.165) is 11.1 Å². The summed E-state index contributed by atoms with van der Waals surface area (Å²) >= 11 is 0. The third kappa shape index (κ3) is 5.55. The minimum atomic E-state index is -3.38. The minimum absolute atomic E-state index is 0.0600. The molecule has 24 heavy (non-hydrogen) atoms. The zero-order valence-corrected chi connectivity index (χ0v) is 14.8. The maximum atomic E-state index is 12.6. The summed E-state index contributed by atoms with van der Waals surface area (Å²) in [6.07, 6.45) is 0.394. The number of benzene rings is 1. The Hall–Kier alpha value is -1.48. The van der Waals surface area contributed by atoms with Gasteiger partial charge in [-0.25, -0.2) is 8.42 Å². The Balaban J connectivity index is 2.01. The molecule has 0 aliphatic carbocycles. The zero-order chi connectivity index (χ0) is 17.4. The summed E-state index contributed by atoms with van der Waals surface area (Å²) in [4.78, 5) is 11.7. The summed E-state index contributed by atoms with van der Waals surface area (Å²) in [5, 5.41) is 5.75. The molecule has 0 saturated carbocycles. The molecule has 0 radical (unpaired) electrons. The number of nitrogens with zero attached hydrogens (tertiary/aromatic N) is 1. The Morgan fingerprint density at radius 2 is 1.88 bits per heavy atom. The van der Waals surface area contributed by atoms with E-state index < -0.39 is 10.0 Å². The van der Waals surface area contributed by atoms with E-state index in [4.69, 9.17) is 4.74 Å². The highest BCUT2D eigenvalue weighted by atomic mass is 32.2. The highest BCUT2D eigenvalue weighted by Gasteiger charge is 2.25. The van der Waals surface area contributed by atoms with Gasteiger partial charge in [0.15, 0.2) is 0 Å². The van der Waals surface area contributed by atoms with E-state index in [1.807, 2.05) is 18.2 Å². The Bertz CT molecular complexity index is 642. The zero-order valence-electron chi connectivity index (χ0n) is 14.0. The monoisotopic (exact) mass is 355 g/mol. The van der Waals surface area contributed by atoms with Crippen molar-refractivity contribution in [3.8, 4) is 0 Å². The molecule has 8 heteroatoms. The summed E-state index contributed by atoms with van der Waals surface area (Å²) in [6.45, 7) is 2.59. The maximum Gasteiger partial charge on any atom is 0.221 e. The van der Waals surface area contributed by atoms with Gasteiger partial charge in [-0.2, -0.15) is 4.31 Å². The van der Waals surface area contributed by atoms with E-state index in [1.165, 1.54) is 4.31 Å². The van der Waals surface area contributed by atoms with E-state index in [-0.39, 0.29) is 11.7 Å². The van der Waals surface area contributed by atoms with Crippen molar-refractivity contribution in [1.29, 1.82) is 0 Å². The highest BCUT2D eigenvalue weighted by Crippen LogP contribution is 2.16. The van der Waals surface area contributed by atoms with Crippen LogP contribution in [-0.2, 0) is 31.9 Å². The molecule has 134 valence electrons. The van der Waals surface area contributed by atoms with E-state index >= 15 is 0 Å². The van der Waals surface area contributed by atoms with E-state index in [9.17, 15) is 13.2 Å². The molecule has 0 atom stereocenters. The number of hydrogen-bond acceptors (Lipinski definition) is 5. The highest BCUT2D eigenvalue weighted by molar-refractivity contribution is 7.88. The standard InChI is InChI=1S/C16H25N3O4S/c1-17-7-6-16(20)18-12-14-4-2-3-5-15(14)13-24(21,22)19-8-10-23-11-9-19/h2-5,17H,6-13H2,1H3,(H,18,20). The molecule has 1 heterocycles. The van der Waals surface area contributed by atoms with Gasteiger partial charge in [0.1, 0.15) is 0 Å². The lowest BCUT2D eigenvalue weighted by molar-refractivity contribution is -0.121. The van der Waals surface area contributed by atoms with Gasteiger partial charge in [0, 0.05) is 32.6 Å². The fourth-order valence-corrected chi connectivity index (χ4v) is 4.07. The summed E-state index contributed by atoms with van der Waals surface area (Å²) < 4.78 is 31.8. The van der Waals surface area contributed by atoms with Crippen molar-refractivity contribution in [3.63, 3.8) is 0 Å². The smallest absolute Gasteiger partial charge is 0.221 e. The summed E-state index contributed by atoms with van der Waals surface area (Å²) in [7, 11) is -1.59. The third-order valence-electron chi connectivity index (χ3n) is 3.90. The number of hydrogen-bond donors (Lipinski definition) is 2. The fraction of sp³-hybridized carbons (Fsp3) is 0.562. The molecule has 0 spiro atoms. The first kappa shape index (κ1) is 18.9. The van der Waals surface area contributed by atoms with Gasteiger partial charge in [0.05, 0.1) is 19.0 Å². The normalized spacial score (nSPS) is 16.0. The molecule has 0 aromatic heterocycles. The van der Waals surface area contributed by atoms with E-state index in [0.29, 0.717) is 45.8 Å². The number of carbonyl (C=O) groups is 1. The molecule has 0 unspecified atom stereocenters. The molecule has 1 saturated heterocycles. The summed E-state index contributed by atoms with van der Waals surface area (Å²) in [6, 6.07) is 7.31. The van der Waals surface area contributed by atoms with Crippen molar-refractivity contribution < 1.29 is 17.9 Å². The first-order valence-electron chi connectivity index (χ1n) is 8.06.